The Kier molecular flexibility index (Phi) is 5.93. The monoisotopic (exact) mass is 285 g/mol. The van der Waals surface area contributed by atoms with Gasteiger partial charge in [-0.05, 0) is 58.2 Å². The second-order valence-electron chi connectivity index (χ2n) is 4.95. The number of nitrogens with two attached hydrogens (primary N) is 1. The highest BCUT2D eigenvalue weighted by Gasteiger charge is 2.11. The molecule has 0 saturated heterocycles. The second kappa shape index (κ2) is 7.00. The van der Waals surface area contributed by atoms with E-state index in [9.17, 15) is 8.42 Å². The van der Waals surface area contributed by atoms with E-state index in [4.69, 9.17) is 5.14 Å². The van der Waals surface area contributed by atoms with Crippen LogP contribution in [0.15, 0.2) is 29.2 Å². The molecule has 0 aliphatic heterocycles. The number of rotatable bonds is 7. The fraction of sp³-hybridized carbons (Fsp3) is 0.538. The molecule has 0 heterocycles. The maximum absolute atomic E-state index is 11.3. The highest BCUT2D eigenvalue weighted by atomic mass is 32.2. The molecule has 6 heteroatoms. The van der Waals surface area contributed by atoms with Gasteiger partial charge in [-0.15, -0.1) is 0 Å². The van der Waals surface area contributed by atoms with Gasteiger partial charge < -0.3 is 10.2 Å². The lowest BCUT2D eigenvalue weighted by Crippen LogP contribution is -2.24. The molecular weight excluding hydrogens is 262 g/mol. The Morgan fingerprint density at radius 3 is 2.63 bits per heavy atom. The summed E-state index contributed by atoms with van der Waals surface area (Å²) in [5.41, 5.74) is 0.927. The van der Waals surface area contributed by atoms with Crippen LogP contribution in [-0.4, -0.2) is 40.5 Å². The van der Waals surface area contributed by atoms with Crippen molar-refractivity contribution in [1.29, 1.82) is 0 Å². The standard InChI is InChI=1S/C13H23N3O2S/c1-11(15-8-5-9-16(2)3)12-6-4-7-13(10-12)19(14,17)18/h4,6-7,10-11,15H,5,8-9H2,1-3H3,(H2,14,17,18). The average Bonchev–Trinajstić information content (AvgIpc) is 2.33. The third kappa shape index (κ3) is 5.69. The number of benzene rings is 1. The van der Waals surface area contributed by atoms with Gasteiger partial charge in [-0.1, -0.05) is 12.1 Å². The number of hydrogen-bond acceptors (Lipinski definition) is 4. The van der Waals surface area contributed by atoms with E-state index in [-0.39, 0.29) is 10.9 Å². The predicted octanol–water partition coefficient (Wildman–Crippen LogP) is 0.936. The van der Waals surface area contributed by atoms with Crippen LogP contribution < -0.4 is 10.5 Å². The van der Waals surface area contributed by atoms with Crippen LogP contribution >= 0.6 is 0 Å². The van der Waals surface area contributed by atoms with Crippen molar-refractivity contribution in [1.82, 2.24) is 10.2 Å². The van der Waals surface area contributed by atoms with Crippen molar-refractivity contribution in [2.75, 3.05) is 27.2 Å². The lowest BCUT2D eigenvalue weighted by molar-refractivity contribution is 0.389. The molecule has 19 heavy (non-hydrogen) atoms. The summed E-state index contributed by atoms with van der Waals surface area (Å²) in [5.74, 6) is 0. The van der Waals surface area contributed by atoms with Crippen molar-refractivity contribution in [3.05, 3.63) is 29.8 Å². The zero-order chi connectivity index (χ0) is 14.5. The maximum atomic E-state index is 11.3. The van der Waals surface area contributed by atoms with Crippen LogP contribution in [0.5, 0.6) is 0 Å². The first kappa shape index (κ1) is 16.1. The third-order valence-corrected chi connectivity index (χ3v) is 3.83. The fourth-order valence-corrected chi connectivity index (χ4v) is 2.36. The summed E-state index contributed by atoms with van der Waals surface area (Å²) >= 11 is 0. The molecule has 1 aromatic rings. The van der Waals surface area contributed by atoms with Crippen molar-refractivity contribution in [2.24, 2.45) is 5.14 Å². The SMILES string of the molecule is CC(NCCCN(C)C)c1cccc(S(N)(=O)=O)c1. The van der Waals surface area contributed by atoms with Crippen molar-refractivity contribution in [2.45, 2.75) is 24.3 Å². The van der Waals surface area contributed by atoms with E-state index in [1.165, 1.54) is 6.07 Å². The van der Waals surface area contributed by atoms with Crippen LogP contribution in [0.2, 0.25) is 0 Å². The quantitative estimate of drug-likeness (QED) is 0.731. The van der Waals surface area contributed by atoms with Gasteiger partial charge in [0.05, 0.1) is 4.90 Å². The average molecular weight is 285 g/mol. The number of nitrogens with one attached hydrogen (secondary N) is 1. The van der Waals surface area contributed by atoms with Gasteiger partial charge in [0.1, 0.15) is 0 Å². The van der Waals surface area contributed by atoms with E-state index in [2.05, 4.69) is 10.2 Å². The molecule has 3 N–H and O–H groups in total. The molecule has 0 aromatic heterocycles. The Morgan fingerprint density at radius 1 is 1.37 bits per heavy atom. The summed E-state index contributed by atoms with van der Waals surface area (Å²) in [5, 5.41) is 8.50. The second-order valence-corrected chi connectivity index (χ2v) is 6.51. The van der Waals surface area contributed by atoms with Crippen LogP contribution in [0, 0.1) is 0 Å². The first-order chi connectivity index (χ1) is 8.80. The maximum Gasteiger partial charge on any atom is 0.238 e. The van der Waals surface area contributed by atoms with Crippen LogP contribution in [0.25, 0.3) is 0 Å². The molecule has 0 aliphatic rings. The Morgan fingerprint density at radius 2 is 2.05 bits per heavy atom. The number of hydrogen-bond donors (Lipinski definition) is 2. The molecule has 1 rings (SSSR count). The van der Waals surface area contributed by atoms with Gasteiger partial charge in [-0.3, -0.25) is 0 Å². The largest absolute Gasteiger partial charge is 0.310 e. The van der Waals surface area contributed by atoms with E-state index in [1.807, 2.05) is 27.1 Å². The molecule has 0 amide bonds. The highest BCUT2D eigenvalue weighted by Crippen LogP contribution is 2.16. The van der Waals surface area contributed by atoms with E-state index < -0.39 is 10.0 Å². The van der Waals surface area contributed by atoms with E-state index in [0.717, 1.165) is 25.1 Å². The Labute approximate surface area is 115 Å². The first-order valence-corrected chi connectivity index (χ1v) is 7.86. The minimum absolute atomic E-state index is 0.101. The summed E-state index contributed by atoms with van der Waals surface area (Å²) in [6.07, 6.45) is 1.05. The van der Waals surface area contributed by atoms with E-state index >= 15 is 0 Å². The summed E-state index contributed by atoms with van der Waals surface area (Å²) < 4.78 is 22.6. The summed E-state index contributed by atoms with van der Waals surface area (Å²) in [7, 11) is 0.452. The van der Waals surface area contributed by atoms with Crippen LogP contribution in [0.4, 0.5) is 0 Å². The molecule has 1 unspecified atom stereocenters. The molecule has 0 saturated carbocycles. The zero-order valence-electron chi connectivity index (χ0n) is 11.8. The topological polar surface area (TPSA) is 75.4 Å². The molecule has 0 radical (unpaired) electrons. The molecule has 108 valence electrons. The number of nitrogens with zero attached hydrogens (tertiary/aromatic N) is 1. The van der Waals surface area contributed by atoms with E-state index in [0.29, 0.717) is 0 Å². The first-order valence-electron chi connectivity index (χ1n) is 6.31. The summed E-state index contributed by atoms with van der Waals surface area (Å²) in [6.45, 7) is 3.92. The van der Waals surface area contributed by atoms with Gasteiger partial charge in [-0.25, -0.2) is 13.6 Å². The molecule has 1 aromatic carbocycles. The Bertz CT molecular complexity index is 500. The normalized spacial score (nSPS) is 13.7. The molecule has 0 spiro atoms. The summed E-state index contributed by atoms with van der Waals surface area (Å²) in [4.78, 5) is 2.29. The molecule has 0 aliphatic carbocycles. The van der Waals surface area contributed by atoms with Crippen LogP contribution in [0.3, 0.4) is 0 Å². The molecule has 0 fully saturated rings. The Hall–Kier alpha value is -0.950. The highest BCUT2D eigenvalue weighted by molar-refractivity contribution is 7.89. The van der Waals surface area contributed by atoms with Gasteiger partial charge in [0.2, 0.25) is 10.0 Å². The number of primary sulfonamides is 1. The predicted molar refractivity (Wildman–Crippen MR) is 77.4 cm³/mol. The van der Waals surface area contributed by atoms with Crippen LogP contribution in [0.1, 0.15) is 24.9 Å². The summed E-state index contributed by atoms with van der Waals surface area (Å²) in [6, 6.07) is 6.85. The number of sulfonamides is 1. The minimum Gasteiger partial charge on any atom is -0.310 e. The smallest absolute Gasteiger partial charge is 0.238 e. The lowest BCUT2D eigenvalue weighted by atomic mass is 10.1. The van der Waals surface area contributed by atoms with Crippen molar-refractivity contribution >= 4 is 10.0 Å². The van der Waals surface area contributed by atoms with Gasteiger partial charge in [0.25, 0.3) is 0 Å². The molecule has 1 atom stereocenters. The van der Waals surface area contributed by atoms with Gasteiger partial charge >= 0.3 is 0 Å². The van der Waals surface area contributed by atoms with E-state index in [1.54, 1.807) is 12.1 Å². The molecule has 5 nitrogen and oxygen atoms in total. The van der Waals surface area contributed by atoms with Gasteiger partial charge in [0.15, 0.2) is 0 Å². The molecule has 0 bridgehead atoms. The lowest BCUT2D eigenvalue weighted by Gasteiger charge is -2.16. The van der Waals surface area contributed by atoms with Crippen molar-refractivity contribution in [3.8, 4) is 0 Å². The third-order valence-electron chi connectivity index (χ3n) is 2.92. The Balaban J connectivity index is 2.60. The molecular formula is C13H23N3O2S. The van der Waals surface area contributed by atoms with Gasteiger partial charge in [-0.2, -0.15) is 0 Å². The zero-order valence-corrected chi connectivity index (χ0v) is 12.6. The van der Waals surface area contributed by atoms with Crippen LogP contribution in [-0.2, 0) is 10.0 Å². The van der Waals surface area contributed by atoms with Crippen molar-refractivity contribution in [3.63, 3.8) is 0 Å². The minimum atomic E-state index is -3.63. The van der Waals surface area contributed by atoms with Crippen molar-refractivity contribution < 1.29 is 8.42 Å². The fourth-order valence-electron chi connectivity index (χ4n) is 1.79. The van der Waals surface area contributed by atoms with Gasteiger partial charge in [0, 0.05) is 6.04 Å².